The zero-order valence-electron chi connectivity index (χ0n) is 13.8. The van der Waals surface area contributed by atoms with Crippen molar-refractivity contribution in [1.29, 1.82) is 0 Å². The molecule has 0 N–H and O–H groups in total. The molecule has 7 heteroatoms. The summed E-state index contributed by atoms with van der Waals surface area (Å²) >= 11 is 4.85. The van der Waals surface area contributed by atoms with Gasteiger partial charge < -0.3 is 14.0 Å². The van der Waals surface area contributed by atoms with Crippen LogP contribution in [0.3, 0.4) is 0 Å². The summed E-state index contributed by atoms with van der Waals surface area (Å²) < 4.78 is 15.0. The second kappa shape index (κ2) is 7.09. The molecule has 1 aliphatic heterocycles. The molecule has 0 fully saturated rings. The van der Waals surface area contributed by atoms with Crippen molar-refractivity contribution < 1.29 is 14.3 Å². The Morgan fingerprint density at radius 2 is 2.00 bits per heavy atom. The molecule has 0 spiro atoms. The highest BCUT2D eigenvalue weighted by molar-refractivity contribution is 9.10. The molecule has 0 saturated carbocycles. The number of carbonyl (C=O) groups excluding carboxylic acids is 1. The summed E-state index contributed by atoms with van der Waals surface area (Å²) in [6.07, 6.45) is 1.78. The monoisotopic (exact) mass is 430 g/mol. The number of rotatable bonds is 3. The Labute approximate surface area is 162 Å². The lowest BCUT2D eigenvalue weighted by molar-refractivity contribution is 0.0997. The molecule has 0 unspecified atom stereocenters. The van der Waals surface area contributed by atoms with E-state index in [2.05, 4.69) is 27.5 Å². The number of benzene rings is 2. The van der Waals surface area contributed by atoms with Crippen LogP contribution >= 0.6 is 27.3 Å². The lowest BCUT2D eigenvalue weighted by Crippen LogP contribution is -2.17. The molecule has 1 aliphatic rings. The smallest absolute Gasteiger partial charge is 0.280 e. The summed E-state index contributed by atoms with van der Waals surface area (Å²) in [5.74, 6) is 1.14. The van der Waals surface area contributed by atoms with Gasteiger partial charge in [-0.05, 0) is 28.1 Å². The topological polar surface area (TPSA) is 52.8 Å². The van der Waals surface area contributed by atoms with E-state index in [4.69, 9.17) is 9.47 Å². The van der Waals surface area contributed by atoms with Crippen LogP contribution in [0.25, 0.3) is 10.2 Å². The summed E-state index contributed by atoms with van der Waals surface area (Å²) in [6, 6.07) is 11.1. The van der Waals surface area contributed by atoms with Gasteiger partial charge in [-0.2, -0.15) is 4.99 Å². The van der Waals surface area contributed by atoms with Crippen molar-refractivity contribution in [3.05, 3.63) is 63.9 Å². The summed E-state index contributed by atoms with van der Waals surface area (Å²) in [6.45, 7) is 5.43. The summed E-state index contributed by atoms with van der Waals surface area (Å²) in [5.41, 5.74) is 1.47. The van der Waals surface area contributed by atoms with Gasteiger partial charge in [0.05, 0.1) is 15.8 Å². The zero-order valence-corrected chi connectivity index (χ0v) is 16.2. The maximum Gasteiger partial charge on any atom is 0.280 e. The normalized spacial score (nSPS) is 13.8. The number of halogens is 1. The molecule has 1 amide bonds. The van der Waals surface area contributed by atoms with Crippen LogP contribution in [0.2, 0.25) is 0 Å². The average molecular weight is 431 g/mol. The Morgan fingerprint density at radius 1 is 1.27 bits per heavy atom. The third-order valence-electron chi connectivity index (χ3n) is 3.96. The van der Waals surface area contributed by atoms with Crippen molar-refractivity contribution in [3.8, 4) is 11.5 Å². The number of hydrogen-bond donors (Lipinski definition) is 0. The van der Waals surface area contributed by atoms with E-state index in [1.54, 1.807) is 12.1 Å². The average Bonchev–Trinajstić information content (AvgIpc) is 2.96. The third-order valence-corrected chi connectivity index (χ3v) is 5.69. The molecule has 5 nitrogen and oxygen atoms in total. The van der Waals surface area contributed by atoms with Crippen LogP contribution in [-0.2, 0) is 6.54 Å². The number of ether oxygens (including phenoxy) is 2. The van der Waals surface area contributed by atoms with Crippen LogP contribution in [0.4, 0.5) is 0 Å². The maximum absolute atomic E-state index is 12.6. The Kier molecular flexibility index (Phi) is 4.65. The molecule has 0 aliphatic carbocycles. The second-order valence-electron chi connectivity index (χ2n) is 5.64. The Morgan fingerprint density at radius 3 is 2.73 bits per heavy atom. The van der Waals surface area contributed by atoms with E-state index in [0.717, 1.165) is 20.4 Å². The minimum absolute atomic E-state index is 0.292. The second-order valence-corrected chi connectivity index (χ2v) is 7.51. The Hall–Kier alpha value is -2.38. The first-order valence-corrected chi connectivity index (χ1v) is 9.66. The minimum Gasteiger partial charge on any atom is -0.486 e. The van der Waals surface area contributed by atoms with Gasteiger partial charge in [-0.25, -0.2) is 0 Å². The highest BCUT2D eigenvalue weighted by Crippen LogP contribution is 2.35. The van der Waals surface area contributed by atoms with E-state index in [1.807, 2.05) is 34.9 Å². The Bertz CT molecular complexity index is 1080. The highest BCUT2D eigenvalue weighted by atomic mass is 79.9. The van der Waals surface area contributed by atoms with E-state index < -0.39 is 0 Å². The van der Waals surface area contributed by atoms with Gasteiger partial charge in [0.1, 0.15) is 13.2 Å². The van der Waals surface area contributed by atoms with E-state index in [1.165, 1.54) is 11.3 Å². The molecular formula is C19H15BrN2O3S. The van der Waals surface area contributed by atoms with Gasteiger partial charge in [-0.15, -0.1) is 6.58 Å². The molecule has 1 aromatic heterocycles. The van der Waals surface area contributed by atoms with Crippen molar-refractivity contribution in [3.63, 3.8) is 0 Å². The van der Waals surface area contributed by atoms with Crippen LogP contribution in [-0.4, -0.2) is 23.7 Å². The lowest BCUT2D eigenvalue weighted by atomic mass is 10.2. The third kappa shape index (κ3) is 3.08. The molecule has 132 valence electrons. The fraction of sp³-hybridized carbons (Fsp3) is 0.158. The van der Waals surface area contributed by atoms with Crippen LogP contribution in [0.1, 0.15) is 10.4 Å². The summed E-state index contributed by atoms with van der Waals surface area (Å²) in [4.78, 5) is 17.6. The quantitative estimate of drug-likeness (QED) is 0.586. The van der Waals surface area contributed by atoms with Crippen LogP contribution in [0.15, 0.2) is 58.5 Å². The van der Waals surface area contributed by atoms with Crippen LogP contribution in [0, 0.1) is 0 Å². The number of amides is 1. The standard InChI is InChI=1S/C19H15BrN2O3S/c1-2-7-22-14-10-15-16(25-9-8-24-15)11-17(14)26-19(22)21-18(23)12-5-3-4-6-13(12)20/h2-6,10-11H,1,7-9H2. The first kappa shape index (κ1) is 17.1. The molecular weight excluding hydrogens is 416 g/mol. The van der Waals surface area contributed by atoms with Crippen molar-refractivity contribution >= 4 is 43.4 Å². The SMILES string of the molecule is C=CCn1c(=NC(=O)c2ccccc2Br)sc2cc3c(cc21)OCCO3. The van der Waals surface area contributed by atoms with Gasteiger partial charge in [0, 0.05) is 23.2 Å². The predicted octanol–water partition coefficient (Wildman–Crippen LogP) is 4.16. The molecule has 2 heterocycles. The van der Waals surface area contributed by atoms with E-state index in [0.29, 0.717) is 35.9 Å². The number of carbonyl (C=O) groups is 1. The molecule has 26 heavy (non-hydrogen) atoms. The fourth-order valence-electron chi connectivity index (χ4n) is 2.78. The van der Waals surface area contributed by atoms with Crippen LogP contribution < -0.4 is 14.3 Å². The van der Waals surface area contributed by atoms with Gasteiger partial charge in [-0.3, -0.25) is 4.79 Å². The number of allylic oxidation sites excluding steroid dienone is 1. The predicted molar refractivity (Wildman–Crippen MR) is 105 cm³/mol. The van der Waals surface area contributed by atoms with E-state index in [-0.39, 0.29) is 5.91 Å². The largest absolute Gasteiger partial charge is 0.486 e. The molecule has 4 rings (SSSR count). The number of nitrogens with zero attached hydrogens (tertiary/aromatic N) is 2. The number of aromatic nitrogens is 1. The molecule has 0 atom stereocenters. The Balaban J connectivity index is 1.88. The van der Waals surface area contributed by atoms with Crippen molar-refractivity contribution in [2.24, 2.45) is 4.99 Å². The van der Waals surface area contributed by atoms with Gasteiger partial charge in [0.2, 0.25) is 0 Å². The highest BCUT2D eigenvalue weighted by Gasteiger charge is 2.17. The first-order valence-electron chi connectivity index (χ1n) is 8.05. The summed E-state index contributed by atoms with van der Waals surface area (Å²) in [5, 5.41) is 0. The molecule has 2 aromatic carbocycles. The molecule has 0 bridgehead atoms. The molecule has 3 aromatic rings. The van der Waals surface area contributed by atoms with Crippen LogP contribution in [0.5, 0.6) is 11.5 Å². The van der Waals surface area contributed by atoms with E-state index >= 15 is 0 Å². The number of fused-ring (bicyclic) bond motifs is 2. The van der Waals surface area contributed by atoms with Crippen molar-refractivity contribution in [2.45, 2.75) is 6.54 Å². The van der Waals surface area contributed by atoms with Crippen molar-refractivity contribution in [1.82, 2.24) is 4.57 Å². The first-order chi connectivity index (χ1) is 12.7. The summed E-state index contributed by atoms with van der Waals surface area (Å²) in [7, 11) is 0. The molecule has 0 radical (unpaired) electrons. The fourth-order valence-corrected chi connectivity index (χ4v) is 4.28. The molecule has 0 saturated heterocycles. The van der Waals surface area contributed by atoms with Gasteiger partial charge in [0.15, 0.2) is 16.3 Å². The van der Waals surface area contributed by atoms with Gasteiger partial charge in [-0.1, -0.05) is 29.5 Å². The van der Waals surface area contributed by atoms with Crippen molar-refractivity contribution in [2.75, 3.05) is 13.2 Å². The lowest BCUT2D eigenvalue weighted by Gasteiger charge is -2.18. The van der Waals surface area contributed by atoms with E-state index in [9.17, 15) is 4.79 Å². The maximum atomic E-state index is 12.6. The zero-order chi connectivity index (χ0) is 18.1. The van der Waals surface area contributed by atoms with Gasteiger partial charge >= 0.3 is 0 Å². The minimum atomic E-state index is -0.292. The van der Waals surface area contributed by atoms with Gasteiger partial charge in [0.25, 0.3) is 5.91 Å². The number of hydrogen-bond acceptors (Lipinski definition) is 4. The number of thiazole rings is 1.